The fourth-order valence-corrected chi connectivity index (χ4v) is 1.78. The number of furan rings is 1. The van der Waals surface area contributed by atoms with E-state index in [1.54, 1.807) is 12.5 Å². The first-order valence-corrected chi connectivity index (χ1v) is 4.43. The van der Waals surface area contributed by atoms with E-state index in [-0.39, 0.29) is 0 Å². The van der Waals surface area contributed by atoms with Gasteiger partial charge in [0.25, 0.3) is 0 Å². The molecular weight excluding hydrogens is 164 g/mol. The number of epoxide rings is 1. The van der Waals surface area contributed by atoms with E-state index in [9.17, 15) is 0 Å². The number of benzene rings is 1. The van der Waals surface area contributed by atoms with Gasteiger partial charge in [0.2, 0.25) is 0 Å². The fraction of sp³-hybridized carbons (Fsp3) is 0.273. The van der Waals surface area contributed by atoms with E-state index in [0.29, 0.717) is 6.10 Å². The zero-order valence-corrected chi connectivity index (χ0v) is 7.41. The molecule has 1 saturated heterocycles. The Balaban J connectivity index is 2.30. The van der Waals surface area contributed by atoms with Gasteiger partial charge in [-0.1, -0.05) is 12.1 Å². The number of ether oxygens (including phenoxy) is 1. The van der Waals surface area contributed by atoms with Crippen LogP contribution in [-0.4, -0.2) is 6.61 Å². The lowest BCUT2D eigenvalue weighted by atomic mass is 10.0. The predicted molar refractivity (Wildman–Crippen MR) is 49.6 cm³/mol. The lowest BCUT2D eigenvalue weighted by Gasteiger charge is -2.01. The second kappa shape index (κ2) is 2.36. The average Bonchev–Trinajstić information content (AvgIpc) is 2.83. The van der Waals surface area contributed by atoms with E-state index >= 15 is 0 Å². The minimum Gasteiger partial charge on any atom is -0.471 e. The molecule has 2 heteroatoms. The molecule has 1 atom stereocenters. The molecule has 1 aromatic heterocycles. The third kappa shape index (κ3) is 0.988. The summed E-state index contributed by atoms with van der Waals surface area (Å²) in [6, 6.07) is 4.22. The van der Waals surface area contributed by atoms with Crippen molar-refractivity contribution in [1.82, 2.24) is 0 Å². The molecule has 0 amide bonds. The van der Waals surface area contributed by atoms with Crippen molar-refractivity contribution in [2.75, 3.05) is 6.61 Å². The van der Waals surface area contributed by atoms with Crippen molar-refractivity contribution in [1.29, 1.82) is 0 Å². The zero-order chi connectivity index (χ0) is 8.84. The van der Waals surface area contributed by atoms with Crippen LogP contribution < -0.4 is 0 Å². The van der Waals surface area contributed by atoms with Crippen LogP contribution in [0.25, 0.3) is 10.8 Å². The molecule has 0 aliphatic carbocycles. The van der Waals surface area contributed by atoms with Crippen molar-refractivity contribution in [2.24, 2.45) is 0 Å². The topological polar surface area (TPSA) is 25.7 Å². The van der Waals surface area contributed by atoms with Crippen molar-refractivity contribution in [2.45, 2.75) is 13.0 Å². The standard InChI is InChI=1S/C11H10O2/c1-7-9(11-6-13-11)3-2-8-4-12-5-10(7)8/h2-5,11H,6H2,1H3/t11-/m0/s1. The van der Waals surface area contributed by atoms with E-state index in [2.05, 4.69) is 19.1 Å². The normalized spacial score (nSPS) is 20.8. The second-order valence-corrected chi connectivity index (χ2v) is 3.48. The largest absolute Gasteiger partial charge is 0.471 e. The number of rotatable bonds is 1. The van der Waals surface area contributed by atoms with Gasteiger partial charge in [0.15, 0.2) is 0 Å². The van der Waals surface area contributed by atoms with Gasteiger partial charge in [-0.3, -0.25) is 0 Å². The molecule has 0 saturated carbocycles. The molecule has 0 N–H and O–H groups in total. The van der Waals surface area contributed by atoms with Gasteiger partial charge in [-0.2, -0.15) is 0 Å². The maximum atomic E-state index is 5.27. The zero-order valence-electron chi connectivity index (χ0n) is 7.41. The van der Waals surface area contributed by atoms with E-state index in [0.717, 1.165) is 6.61 Å². The van der Waals surface area contributed by atoms with Crippen molar-refractivity contribution in [3.8, 4) is 0 Å². The maximum absolute atomic E-state index is 5.27. The van der Waals surface area contributed by atoms with Crippen molar-refractivity contribution in [3.05, 3.63) is 35.8 Å². The van der Waals surface area contributed by atoms with Crippen molar-refractivity contribution >= 4 is 10.8 Å². The molecule has 1 aliphatic rings. The van der Waals surface area contributed by atoms with Gasteiger partial charge in [0, 0.05) is 10.8 Å². The SMILES string of the molecule is Cc1c([C@@H]2CO2)ccc2cocc12. The van der Waals surface area contributed by atoms with Crippen LogP contribution in [-0.2, 0) is 4.74 Å². The Kier molecular flexibility index (Phi) is 1.30. The number of fused-ring (bicyclic) bond motifs is 1. The molecule has 0 bridgehead atoms. The highest BCUT2D eigenvalue weighted by Crippen LogP contribution is 2.35. The van der Waals surface area contributed by atoms with Crippen LogP contribution in [0.2, 0.25) is 0 Å². The minimum atomic E-state index is 0.333. The van der Waals surface area contributed by atoms with Gasteiger partial charge in [-0.15, -0.1) is 0 Å². The fourth-order valence-electron chi connectivity index (χ4n) is 1.78. The molecule has 66 valence electrons. The summed E-state index contributed by atoms with van der Waals surface area (Å²) in [7, 11) is 0. The van der Waals surface area contributed by atoms with Crippen LogP contribution in [0, 0.1) is 6.92 Å². The lowest BCUT2D eigenvalue weighted by Crippen LogP contribution is -1.86. The molecule has 13 heavy (non-hydrogen) atoms. The summed E-state index contributed by atoms with van der Waals surface area (Å²) in [6.07, 6.45) is 3.91. The lowest BCUT2D eigenvalue weighted by molar-refractivity contribution is 0.415. The van der Waals surface area contributed by atoms with Crippen LogP contribution >= 0.6 is 0 Å². The average molecular weight is 174 g/mol. The molecule has 2 nitrogen and oxygen atoms in total. The first-order valence-electron chi connectivity index (χ1n) is 4.43. The Bertz CT molecular complexity index is 452. The highest BCUT2D eigenvalue weighted by Gasteiger charge is 2.26. The van der Waals surface area contributed by atoms with Crippen LogP contribution in [0.1, 0.15) is 17.2 Å². The van der Waals surface area contributed by atoms with E-state index in [1.165, 1.54) is 21.9 Å². The third-order valence-electron chi connectivity index (χ3n) is 2.65. The summed E-state index contributed by atoms with van der Waals surface area (Å²) >= 11 is 0. The summed E-state index contributed by atoms with van der Waals surface area (Å²) in [5.41, 5.74) is 2.59. The van der Waals surface area contributed by atoms with E-state index < -0.39 is 0 Å². The van der Waals surface area contributed by atoms with E-state index in [4.69, 9.17) is 9.15 Å². The number of aryl methyl sites for hydroxylation is 1. The molecule has 2 aromatic rings. The summed E-state index contributed by atoms with van der Waals surface area (Å²) in [6.45, 7) is 2.99. The molecule has 2 heterocycles. The summed E-state index contributed by atoms with van der Waals surface area (Å²) < 4.78 is 10.4. The summed E-state index contributed by atoms with van der Waals surface area (Å²) in [4.78, 5) is 0. The Morgan fingerprint density at radius 2 is 2.15 bits per heavy atom. The molecular formula is C11H10O2. The Labute approximate surface area is 76.1 Å². The molecule has 3 rings (SSSR count). The Morgan fingerprint density at radius 3 is 2.92 bits per heavy atom. The molecule has 0 unspecified atom stereocenters. The molecule has 0 spiro atoms. The number of hydrogen-bond donors (Lipinski definition) is 0. The Hall–Kier alpha value is -1.28. The van der Waals surface area contributed by atoms with Gasteiger partial charge in [-0.05, 0) is 18.1 Å². The van der Waals surface area contributed by atoms with Crippen LogP contribution in [0.4, 0.5) is 0 Å². The molecule has 1 aromatic carbocycles. The maximum Gasteiger partial charge on any atom is 0.106 e. The first kappa shape index (κ1) is 7.15. The predicted octanol–water partition coefficient (Wildman–Crippen LogP) is 2.81. The Morgan fingerprint density at radius 1 is 1.31 bits per heavy atom. The molecule has 1 fully saturated rings. The van der Waals surface area contributed by atoms with Crippen molar-refractivity contribution < 1.29 is 9.15 Å². The monoisotopic (exact) mass is 174 g/mol. The van der Waals surface area contributed by atoms with Gasteiger partial charge >= 0.3 is 0 Å². The molecule has 1 aliphatic heterocycles. The first-order chi connectivity index (χ1) is 6.36. The van der Waals surface area contributed by atoms with Gasteiger partial charge in [-0.25, -0.2) is 0 Å². The van der Waals surface area contributed by atoms with E-state index in [1.807, 2.05) is 0 Å². The highest BCUT2D eigenvalue weighted by molar-refractivity contribution is 5.85. The quantitative estimate of drug-likeness (QED) is 0.621. The minimum absolute atomic E-state index is 0.333. The van der Waals surface area contributed by atoms with Crippen LogP contribution in [0.15, 0.2) is 29.1 Å². The number of hydrogen-bond acceptors (Lipinski definition) is 2. The van der Waals surface area contributed by atoms with Gasteiger partial charge in [0.1, 0.15) is 6.10 Å². The van der Waals surface area contributed by atoms with Crippen molar-refractivity contribution in [3.63, 3.8) is 0 Å². The second-order valence-electron chi connectivity index (χ2n) is 3.48. The third-order valence-corrected chi connectivity index (χ3v) is 2.65. The van der Waals surface area contributed by atoms with Gasteiger partial charge < -0.3 is 9.15 Å². The smallest absolute Gasteiger partial charge is 0.106 e. The van der Waals surface area contributed by atoms with Crippen LogP contribution in [0.3, 0.4) is 0 Å². The van der Waals surface area contributed by atoms with Gasteiger partial charge in [0.05, 0.1) is 19.1 Å². The summed E-state index contributed by atoms with van der Waals surface area (Å²) in [5.74, 6) is 0. The van der Waals surface area contributed by atoms with Crippen LogP contribution in [0.5, 0.6) is 0 Å². The summed E-state index contributed by atoms with van der Waals surface area (Å²) in [5, 5.41) is 2.37. The highest BCUT2D eigenvalue weighted by atomic mass is 16.6. The molecule has 0 radical (unpaired) electrons.